The van der Waals surface area contributed by atoms with E-state index in [0.717, 1.165) is 25.9 Å². The van der Waals surface area contributed by atoms with Crippen molar-refractivity contribution in [3.8, 4) is 17.0 Å². The molecule has 0 saturated carbocycles. The molecule has 0 radical (unpaired) electrons. The van der Waals surface area contributed by atoms with Gasteiger partial charge in [-0.2, -0.15) is 0 Å². The number of rotatable bonds is 11. The highest BCUT2D eigenvalue weighted by molar-refractivity contribution is 7.14. The van der Waals surface area contributed by atoms with Gasteiger partial charge in [-0.15, -0.1) is 11.3 Å². The van der Waals surface area contributed by atoms with Crippen LogP contribution in [0.2, 0.25) is 0 Å². The molecule has 2 amide bonds. The summed E-state index contributed by atoms with van der Waals surface area (Å²) in [6, 6.07) is 4.61. The molecule has 8 heteroatoms. The number of nitrogens with one attached hydrogen (secondary N) is 1. The minimum atomic E-state index is -0.464. The molecule has 158 valence electrons. The zero-order valence-electron chi connectivity index (χ0n) is 17.2. The number of anilines is 1. The van der Waals surface area contributed by atoms with Crippen molar-refractivity contribution in [3.63, 3.8) is 0 Å². The van der Waals surface area contributed by atoms with Crippen LogP contribution >= 0.6 is 11.3 Å². The monoisotopic (exact) mass is 421 g/mol. The summed E-state index contributed by atoms with van der Waals surface area (Å²) in [7, 11) is 1.41. The molecule has 0 atom stereocenters. The Labute approximate surface area is 175 Å². The van der Waals surface area contributed by atoms with Gasteiger partial charge in [-0.3, -0.25) is 9.59 Å². The Kier molecular flexibility index (Phi) is 9.05. The van der Waals surface area contributed by atoms with Gasteiger partial charge in [-0.05, 0) is 37.5 Å². The van der Waals surface area contributed by atoms with Crippen LogP contribution < -0.4 is 10.1 Å². The highest BCUT2D eigenvalue weighted by Gasteiger charge is 2.14. The average Bonchev–Trinajstić information content (AvgIpc) is 3.16. The molecule has 0 aliphatic carbocycles. The van der Waals surface area contributed by atoms with Crippen molar-refractivity contribution in [2.45, 2.75) is 46.0 Å². The van der Waals surface area contributed by atoms with Gasteiger partial charge in [0.2, 0.25) is 11.8 Å². The first-order valence-electron chi connectivity index (χ1n) is 9.85. The highest BCUT2D eigenvalue weighted by atomic mass is 32.1. The number of ether oxygens (including phenoxy) is 1. The third-order valence-electron chi connectivity index (χ3n) is 4.33. The van der Waals surface area contributed by atoms with Crippen LogP contribution in [-0.2, 0) is 9.59 Å². The Morgan fingerprint density at radius 3 is 2.55 bits per heavy atom. The zero-order chi connectivity index (χ0) is 21.2. The maximum absolute atomic E-state index is 13.9. The van der Waals surface area contributed by atoms with Gasteiger partial charge in [0.1, 0.15) is 0 Å². The molecule has 2 rings (SSSR count). The number of thiazole rings is 1. The van der Waals surface area contributed by atoms with Crippen molar-refractivity contribution >= 4 is 28.3 Å². The zero-order valence-corrected chi connectivity index (χ0v) is 18.0. The van der Waals surface area contributed by atoms with Gasteiger partial charge in [-0.1, -0.05) is 13.8 Å². The van der Waals surface area contributed by atoms with E-state index in [9.17, 15) is 14.0 Å². The normalized spacial score (nSPS) is 10.6. The second-order valence-electron chi connectivity index (χ2n) is 6.67. The number of amides is 2. The molecule has 1 aromatic carbocycles. The quantitative estimate of drug-likeness (QED) is 0.570. The third-order valence-corrected chi connectivity index (χ3v) is 5.09. The number of hydrogen-bond donors (Lipinski definition) is 1. The van der Waals surface area contributed by atoms with E-state index < -0.39 is 5.82 Å². The summed E-state index contributed by atoms with van der Waals surface area (Å²) in [4.78, 5) is 30.6. The van der Waals surface area contributed by atoms with E-state index in [1.54, 1.807) is 17.5 Å². The summed E-state index contributed by atoms with van der Waals surface area (Å²) in [6.45, 7) is 5.61. The fraction of sp³-hybridized carbons (Fsp3) is 0.476. The molecule has 0 bridgehead atoms. The molecule has 0 spiro atoms. The maximum atomic E-state index is 13.9. The van der Waals surface area contributed by atoms with Crippen LogP contribution in [0, 0.1) is 5.82 Å². The third kappa shape index (κ3) is 6.81. The topological polar surface area (TPSA) is 71.5 Å². The first-order chi connectivity index (χ1) is 14.0. The minimum Gasteiger partial charge on any atom is -0.494 e. The van der Waals surface area contributed by atoms with Crippen LogP contribution in [0.3, 0.4) is 0 Å². The summed E-state index contributed by atoms with van der Waals surface area (Å²) in [6.07, 6.45) is 2.97. The Morgan fingerprint density at radius 2 is 1.93 bits per heavy atom. The molecule has 2 aromatic rings. The maximum Gasteiger partial charge on any atom is 0.226 e. The van der Waals surface area contributed by atoms with Gasteiger partial charge in [0.15, 0.2) is 16.7 Å². The minimum absolute atomic E-state index is 0.0968. The van der Waals surface area contributed by atoms with Gasteiger partial charge >= 0.3 is 0 Å². The van der Waals surface area contributed by atoms with E-state index >= 15 is 0 Å². The molecule has 29 heavy (non-hydrogen) atoms. The van der Waals surface area contributed by atoms with Crippen LogP contribution in [0.1, 0.15) is 46.0 Å². The van der Waals surface area contributed by atoms with Gasteiger partial charge in [-0.25, -0.2) is 9.37 Å². The van der Waals surface area contributed by atoms with Gasteiger partial charge in [0.05, 0.1) is 12.8 Å². The number of benzene rings is 1. The number of nitrogens with zero attached hydrogens (tertiary/aromatic N) is 2. The molecule has 0 fully saturated rings. The molecule has 1 heterocycles. The van der Waals surface area contributed by atoms with Gasteiger partial charge < -0.3 is 15.0 Å². The second-order valence-corrected chi connectivity index (χ2v) is 7.53. The molecule has 1 aromatic heterocycles. The Bertz CT molecular complexity index is 819. The van der Waals surface area contributed by atoms with Gasteiger partial charge in [0, 0.05) is 36.9 Å². The highest BCUT2D eigenvalue weighted by Crippen LogP contribution is 2.28. The van der Waals surface area contributed by atoms with Crippen LogP contribution in [0.4, 0.5) is 9.52 Å². The molecular weight excluding hydrogens is 393 g/mol. The SMILES string of the molecule is CCCN(CCC)C(=O)CCCC(=O)Nc1nc(-c2ccc(OC)c(F)c2)cs1. The first kappa shape index (κ1) is 22.8. The Morgan fingerprint density at radius 1 is 1.21 bits per heavy atom. The molecule has 1 N–H and O–H groups in total. The predicted molar refractivity (Wildman–Crippen MR) is 114 cm³/mol. The summed E-state index contributed by atoms with van der Waals surface area (Å²) >= 11 is 1.27. The molecule has 0 unspecified atom stereocenters. The standard InChI is InChI=1S/C21H28FN3O3S/c1-4-11-25(12-5-2)20(27)8-6-7-19(26)24-21-23-17(14-29-21)15-9-10-18(28-3)16(22)13-15/h9-10,13-14H,4-8,11-12H2,1-3H3,(H,23,24,26). The van der Waals surface area contributed by atoms with E-state index in [4.69, 9.17) is 4.74 Å². The number of carbonyl (C=O) groups excluding carboxylic acids is 2. The number of halogens is 1. The molecular formula is C21H28FN3O3S. The molecule has 0 saturated heterocycles. The van der Waals surface area contributed by atoms with Crippen molar-refractivity contribution in [2.75, 3.05) is 25.5 Å². The van der Waals surface area contributed by atoms with Crippen molar-refractivity contribution in [1.82, 2.24) is 9.88 Å². The largest absolute Gasteiger partial charge is 0.494 e. The van der Waals surface area contributed by atoms with Gasteiger partial charge in [0.25, 0.3) is 0 Å². The number of methoxy groups -OCH3 is 1. The summed E-state index contributed by atoms with van der Waals surface area (Å²) < 4.78 is 18.8. The van der Waals surface area contributed by atoms with E-state index in [2.05, 4.69) is 10.3 Å². The van der Waals surface area contributed by atoms with Crippen LogP contribution in [-0.4, -0.2) is 41.9 Å². The van der Waals surface area contributed by atoms with Crippen molar-refractivity contribution in [2.24, 2.45) is 0 Å². The fourth-order valence-electron chi connectivity index (χ4n) is 2.93. The van der Waals surface area contributed by atoms with E-state index in [0.29, 0.717) is 29.2 Å². The van der Waals surface area contributed by atoms with Crippen LogP contribution in [0.25, 0.3) is 11.3 Å². The van der Waals surface area contributed by atoms with Crippen molar-refractivity contribution in [3.05, 3.63) is 29.4 Å². The smallest absolute Gasteiger partial charge is 0.226 e. The molecule has 0 aliphatic rings. The Hall–Kier alpha value is -2.48. The lowest BCUT2D eigenvalue weighted by atomic mass is 10.1. The van der Waals surface area contributed by atoms with E-state index in [1.165, 1.54) is 24.5 Å². The lowest BCUT2D eigenvalue weighted by Crippen LogP contribution is -2.32. The lowest BCUT2D eigenvalue weighted by Gasteiger charge is -2.21. The molecule has 0 aliphatic heterocycles. The van der Waals surface area contributed by atoms with Crippen molar-refractivity contribution in [1.29, 1.82) is 0 Å². The average molecular weight is 422 g/mol. The van der Waals surface area contributed by atoms with E-state index in [1.807, 2.05) is 18.7 Å². The first-order valence-corrected chi connectivity index (χ1v) is 10.7. The summed E-state index contributed by atoms with van der Waals surface area (Å²) in [5, 5.41) is 4.96. The molecule has 6 nitrogen and oxygen atoms in total. The lowest BCUT2D eigenvalue weighted by molar-refractivity contribution is -0.131. The number of carbonyl (C=O) groups is 2. The van der Waals surface area contributed by atoms with Crippen LogP contribution in [0.15, 0.2) is 23.6 Å². The van der Waals surface area contributed by atoms with Crippen molar-refractivity contribution < 1.29 is 18.7 Å². The summed E-state index contributed by atoms with van der Waals surface area (Å²) in [5.74, 6) is -0.381. The predicted octanol–water partition coefficient (Wildman–Crippen LogP) is 4.72. The van der Waals surface area contributed by atoms with Crippen LogP contribution in [0.5, 0.6) is 5.75 Å². The fourth-order valence-corrected chi connectivity index (χ4v) is 3.67. The number of hydrogen-bond acceptors (Lipinski definition) is 5. The Balaban J connectivity index is 1.84. The van der Waals surface area contributed by atoms with E-state index in [-0.39, 0.29) is 24.0 Å². The second kappa shape index (κ2) is 11.5. The summed E-state index contributed by atoms with van der Waals surface area (Å²) in [5.41, 5.74) is 1.19. The number of aromatic nitrogens is 1.